The third kappa shape index (κ3) is 1.38. The highest BCUT2D eigenvalue weighted by atomic mass is 15.3. The average molecular weight is 178 g/mol. The molecule has 0 aromatic rings. The molecule has 2 heteroatoms. The summed E-state index contributed by atoms with van der Waals surface area (Å²) < 4.78 is 0. The number of nitrogens with zero attached hydrogens (tertiary/aromatic N) is 2. The highest BCUT2D eigenvalue weighted by Gasteiger charge is 2.35. The van der Waals surface area contributed by atoms with Crippen molar-refractivity contribution in [1.29, 1.82) is 0 Å². The number of hydrogen-bond acceptors (Lipinski definition) is 2. The first-order valence-corrected chi connectivity index (χ1v) is 5.18. The Labute approximate surface area is 80.3 Å². The number of aliphatic imine (C=N–C) groups is 1. The van der Waals surface area contributed by atoms with Crippen LogP contribution in [-0.4, -0.2) is 29.4 Å². The van der Waals surface area contributed by atoms with Gasteiger partial charge in [0, 0.05) is 6.04 Å². The Morgan fingerprint density at radius 3 is 3.08 bits per heavy atom. The summed E-state index contributed by atoms with van der Waals surface area (Å²) >= 11 is 0. The van der Waals surface area contributed by atoms with Gasteiger partial charge in [0.25, 0.3) is 0 Å². The predicted molar refractivity (Wildman–Crippen MR) is 56.0 cm³/mol. The molecule has 1 aliphatic heterocycles. The first kappa shape index (κ1) is 8.79. The van der Waals surface area contributed by atoms with Gasteiger partial charge in [-0.2, -0.15) is 0 Å². The molecule has 0 aromatic heterocycles. The molecule has 2 nitrogen and oxygen atoms in total. The van der Waals surface area contributed by atoms with E-state index in [-0.39, 0.29) is 0 Å². The normalized spacial score (nSPS) is 32.8. The van der Waals surface area contributed by atoms with Crippen molar-refractivity contribution in [3.63, 3.8) is 0 Å². The fourth-order valence-corrected chi connectivity index (χ4v) is 2.38. The van der Waals surface area contributed by atoms with Crippen molar-refractivity contribution in [2.24, 2.45) is 4.99 Å². The van der Waals surface area contributed by atoms with Crippen LogP contribution in [0, 0.1) is 0 Å². The third-order valence-electron chi connectivity index (χ3n) is 3.12. The van der Waals surface area contributed by atoms with Crippen LogP contribution in [0.5, 0.6) is 0 Å². The number of hydrogen-bond donors (Lipinski definition) is 0. The Morgan fingerprint density at radius 2 is 2.38 bits per heavy atom. The van der Waals surface area contributed by atoms with Crippen molar-refractivity contribution in [3.05, 3.63) is 12.2 Å². The highest BCUT2D eigenvalue weighted by molar-refractivity contribution is 5.61. The zero-order chi connectivity index (χ0) is 9.42. The monoisotopic (exact) mass is 178 g/mol. The second kappa shape index (κ2) is 3.17. The largest absolute Gasteiger partial charge is 0.355 e. The van der Waals surface area contributed by atoms with E-state index in [0.717, 1.165) is 0 Å². The van der Waals surface area contributed by atoms with Crippen LogP contribution < -0.4 is 0 Å². The molecule has 13 heavy (non-hydrogen) atoms. The topological polar surface area (TPSA) is 15.6 Å². The lowest BCUT2D eigenvalue weighted by Gasteiger charge is -2.34. The molecule has 0 N–H and O–H groups in total. The first-order valence-electron chi connectivity index (χ1n) is 5.18. The lowest BCUT2D eigenvalue weighted by atomic mass is 9.87. The molecule has 72 valence electrons. The van der Waals surface area contributed by atoms with Crippen molar-refractivity contribution in [3.8, 4) is 0 Å². The molecule has 0 spiro atoms. The van der Waals surface area contributed by atoms with Gasteiger partial charge in [-0.05, 0) is 33.1 Å². The van der Waals surface area contributed by atoms with Crippen molar-refractivity contribution < 1.29 is 0 Å². The molecule has 2 aliphatic rings. The molecule has 1 fully saturated rings. The summed E-state index contributed by atoms with van der Waals surface area (Å²) in [5, 5.41) is 0. The van der Waals surface area contributed by atoms with Crippen LogP contribution in [0.4, 0.5) is 0 Å². The van der Waals surface area contributed by atoms with E-state index in [9.17, 15) is 0 Å². The molecule has 0 aromatic carbocycles. The Kier molecular flexibility index (Phi) is 2.14. The van der Waals surface area contributed by atoms with Crippen molar-refractivity contribution >= 4 is 6.34 Å². The Hall–Kier alpha value is -0.790. The Morgan fingerprint density at radius 1 is 1.62 bits per heavy atom. The van der Waals surface area contributed by atoms with Gasteiger partial charge in [0.1, 0.15) is 0 Å². The molecule has 0 bridgehead atoms. The summed E-state index contributed by atoms with van der Waals surface area (Å²) in [6, 6.07) is 1.59. The standard InChI is InChI=1S/C11H18N2/c1-8(2)13-7-12-11-9(3)5-4-6-10(11)13/h7-8,10-11H,3-6H2,1-2H3. The second-order valence-corrected chi connectivity index (χ2v) is 4.37. The maximum Gasteiger partial charge on any atom is 0.0927 e. The minimum absolute atomic E-state index is 0.399. The summed E-state index contributed by atoms with van der Waals surface area (Å²) in [6.07, 6.45) is 5.76. The Balaban J connectivity index is 2.14. The van der Waals surface area contributed by atoms with E-state index in [4.69, 9.17) is 0 Å². The van der Waals surface area contributed by atoms with Gasteiger partial charge in [0.05, 0.1) is 18.4 Å². The highest BCUT2D eigenvalue weighted by Crippen LogP contribution is 2.32. The van der Waals surface area contributed by atoms with E-state index in [2.05, 4.69) is 30.3 Å². The SMILES string of the molecule is C=C1CCCC2C1N=CN2C(C)C. The van der Waals surface area contributed by atoms with Crippen LogP contribution in [-0.2, 0) is 0 Å². The summed E-state index contributed by atoms with van der Waals surface area (Å²) in [4.78, 5) is 6.93. The molecule has 1 saturated carbocycles. The van der Waals surface area contributed by atoms with E-state index < -0.39 is 0 Å². The van der Waals surface area contributed by atoms with Gasteiger partial charge >= 0.3 is 0 Å². The molecule has 2 atom stereocenters. The van der Waals surface area contributed by atoms with Crippen molar-refractivity contribution in [1.82, 2.24) is 4.90 Å². The quantitative estimate of drug-likeness (QED) is 0.562. The summed E-state index contributed by atoms with van der Waals surface area (Å²) in [5.74, 6) is 0. The van der Waals surface area contributed by atoms with Crippen LogP contribution in [0.3, 0.4) is 0 Å². The molecule has 2 unspecified atom stereocenters. The van der Waals surface area contributed by atoms with E-state index in [0.29, 0.717) is 18.1 Å². The molecule has 1 aliphatic carbocycles. The molecule has 1 heterocycles. The van der Waals surface area contributed by atoms with Crippen LogP contribution in [0.2, 0.25) is 0 Å². The van der Waals surface area contributed by atoms with Gasteiger partial charge in [-0.15, -0.1) is 0 Å². The lowest BCUT2D eigenvalue weighted by Crippen LogP contribution is -2.42. The smallest absolute Gasteiger partial charge is 0.0927 e. The third-order valence-corrected chi connectivity index (χ3v) is 3.12. The fraction of sp³-hybridized carbons (Fsp3) is 0.727. The minimum atomic E-state index is 0.399. The average Bonchev–Trinajstić information content (AvgIpc) is 2.48. The van der Waals surface area contributed by atoms with Gasteiger partial charge in [-0.3, -0.25) is 4.99 Å². The van der Waals surface area contributed by atoms with Gasteiger partial charge in [-0.25, -0.2) is 0 Å². The molecular formula is C11H18N2. The zero-order valence-corrected chi connectivity index (χ0v) is 8.53. The van der Waals surface area contributed by atoms with Gasteiger partial charge in [-0.1, -0.05) is 12.2 Å². The maximum atomic E-state index is 4.54. The fourth-order valence-electron chi connectivity index (χ4n) is 2.38. The summed E-state index contributed by atoms with van der Waals surface area (Å²) in [7, 11) is 0. The van der Waals surface area contributed by atoms with Crippen molar-refractivity contribution in [2.45, 2.75) is 51.2 Å². The van der Waals surface area contributed by atoms with Gasteiger partial charge in [0.15, 0.2) is 0 Å². The lowest BCUT2D eigenvalue weighted by molar-refractivity contribution is 0.242. The molecule has 2 rings (SSSR count). The van der Waals surface area contributed by atoms with E-state index in [1.807, 2.05) is 6.34 Å². The number of fused-ring (bicyclic) bond motifs is 1. The predicted octanol–water partition coefficient (Wildman–Crippen LogP) is 2.22. The van der Waals surface area contributed by atoms with Crippen LogP contribution in [0.1, 0.15) is 33.1 Å². The zero-order valence-electron chi connectivity index (χ0n) is 8.53. The second-order valence-electron chi connectivity index (χ2n) is 4.37. The van der Waals surface area contributed by atoms with Gasteiger partial charge in [0.2, 0.25) is 0 Å². The molecule has 0 amide bonds. The molecule has 0 radical (unpaired) electrons. The summed E-state index contributed by atoms with van der Waals surface area (Å²) in [5.41, 5.74) is 1.33. The van der Waals surface area contributed by atoms with Crippen LogP contribution >= 0.6 is 0 Å². The molecule has 0 saturated heterocycles. The molecular weight excluding hydrogens is 160 g/mol. The Bertz CT molecular complexity index is 242. The summed E-state index contributed by atoms with van der Waals surface area (Å²) in [6.45, 7) is 8.57. The van der Waals surface area contributed by atoms with E-state index in [1.165, 1.54) is 24.8 Å². The van der Waals surface area contributed by atoms with Crippen molar-refractivity contribution in [2.75, 3.05) is 0 Å². The minimum Gasteiger partial charge on any atom is -0.355 e. The van der Waals surface area contributed by atoms with Crippen LogP contribution in [0.25, 0.3) is 0 Å². The first-order chi connectivity index (χ1) is 6.20. The van der Waals surface area contributed by atoms with E-state index >= 15 is 0 Å². The maximum absolute atomic E-state index is 4.54. The van der Waals surface area contributed by atoms with Gasteiger partial charge < -0.3 is 4.90 Å². The van der Waals surface area contributed by atoms with E-state index in [1.54, 1.807) is 0 Å². The van der Waals surface area contributed by atoms with Crippen LogP contribution in [0.15, 0.2) is 17.1 Å². The number of rotatable bonds is 1.